The van der Waals surface area contributed by atoms with Crippen LogP contribution in [0.25, 0.3) is 11.0 Å². The Kier molecular flexibility index (Phi) is 4.16. The molecule has 2 amide bonds. The van der Waals surface area contributed by atoms with Gasteiger partial charge < -0.3 is 20.5 Å². The molecule has 4 rings (SSSR count). The zero-order valence-corrected chi connectivity index (χ0v) is 15.6. The number of aromatic amines is 1. The molecule has 0 aromatic carbocycles. The number of nitrogens with one attached hydrogen (secondary N) is 1. The van der Waals surface area contributed by atoms with Crippen LogP contribution in [0.4, 0.5) is 0 Å². The van der Waals surface area contributed by atoms with Gasteiger partial charge in [0.15, 0.2) is 0 Å². The number of halogens is 1. The number of H-pyrrole nitrogens is 1. The van der Waals surface area contributed by atoms with Gasteiger partial charge in [-0.1, -0.05) is 25.4 Å². The lowest BCUT2D eigenvalue weighted by Gasteiger charge is -2.38. The maximum absolute atomic E-state index is 13.2. The van der Waals surface area contributed by atoms with Crippen LogP contribution in [0.5, 0.6) is 0 Å². The molecule has 2 aliphatic rings. The van der Waals surface area contributed by atoms with Crippen molar-refractivity contribution < 1.29 is 9.59 Å². The molecule has 4 heterocycles. The van der Waals surface area contributed by atoms with Gasteiger partial charge in [-0.25, -0.2) is 4.98 Å². The van der Waals surface area contributed by atoms with Gasteiger partial charge in [0, 0.05) is 36.4 Å². The maximum atomic E-state index is 13.2. The summed E-state index contributed by atoms with van der Waals surface area (Å²) in [6.07, 6.45) is 4.64. The van der Waals surface area contributed by atoms with Crippen LogP contribution in [0, 0.1) is 5.92 Å². The zero-order chi connectivity index (χ0) is 18.6. The largest absolute Gasteiger partial charge is 0.345 e. The molecule has 0 unspecified atom stereocenters. The Balaban J connectivity index is 1.75. The van der Waals surface area contributed by atoms with Crippen molar-refractivity contribution in [1.29, 1.82) is 0 Å². The molecule has 0 aliphatic carbocycles. The molecule has 26 heavy (non-hydrogen) atoms. The van der Waals surface area contributed by atoms with Crippen molar-refractivity contribution in [3.8, 4) is 0 Å². The second-order valence-electron chi connectivity index (χ2n) is 7.37. The number of hydrogen-bond donors (Lipinski definition) is 2. The number of carbonyl (C=O) groups excluding carboxylic acids is 2. The summed E-state index contributed by atoms with van der Waals surface area (Å²) in [5.74, 6) is -0.303. The predicted molar refractivity (Wildman–Crippen MR) is 98.5 cm³/mol. The number of pyridine rings is 1. The quantitative estimate of drug-likeness (QED) is 0.858. The molecule has 8 heteroatoms. The highest BCUT2D eigenvalue weighted by atomic mass is 35.5. The lowest BCUT2D eigenvalue weighted by Crippen LogP contribution is -2.56. The van der Waals surface area contributed by atoms with Crippen molar-refractivity contribution >= 4 is 34.4 Å². The number of hydrogen-bond acceptors (Lipinski definition) is 4. The number of carbonyl (C=O) groups is 2. The lowest BCUT2D eigenvalue weighted by atomic mass is 9.95. The van der Waals surface area contributed by atoms with Gasteiger partial charge in [0.1, 0.15) is 11.7 Å². The fourth-order valence-corrected chi connectivity index (χ4v) is 4.30. The van der Waals surface area contributed by atoms with E-state index in [1.54, 1.807) is 22.2 Å². The standard InChI is InChI=1S/C18H22ClN5O2/c1-9(2)15(18(26)23-5-3-4-13(23)20)24-8-11-12(19)7-22-16-14(11)10(6-21-16)17(24)25/h6-7,9,13,15H,3-5,8,20H2,1-2H3,(H,21,22)/t13-,15-/m1/s1. The van der Waals surface area contributed by atoms with Gasteiger partial charge >= 0.3 is 0 Å². The molecular formula is C18H22ClN5O2. The summed E-state index contributed by atoms with van der Waals surface area (Å²) in [4.78, 5) is 37.0. The van der Waals surface area contributed by atoms with Crippen molar-refractivity contribution in [2.75, 3.05) is 6.54 Å². The van der Waals surface area contributed by atoms with Crippen molar-refractivity contribution in [1.82, 2.24) is 19.8 Å². The minimum atomic E-state index is -0.575. The Labute approximate surface area is 156 Å². The van der Waals surface area contributed by atoms with E-state index in [0.29, 0.717) is 29.3 Å². The second-order valence-corrected chi connectivity index (χ2v) is 7.78. The smallest absolute Gasteiger partial charge is 0.257 e. The summed E-state index contributed by atoms with van der Waals surface area (Å²) >= 11 is 6.36. The Morgan fingerprint density at radius 3 is 2.88 bits per heavy atom. The monoisotopic (exact) mass is 375 g/mol. The summed E-state index contributed by atoms with van der Waals surface area (Å²) in [6.45, 7) is 4.84. The highest BCUT2D eigenvalue weighted by molar-refractivity contribution is 6.32. The number of nitrogens with two attached hydrogens (primary N) is 1. The lowest BCUT2D eigenvalue weighted by molar-refractivity contribution is -0.138. The first kappa shape index (κ1) is 17.3. The molecule has 0 saturated carbocycles. The van der Waals surface area contributed by atoms with E-state index in [0.717, 1.165) is 23.8 Å². The fourth-order valence-electron chi connectivity index (χ4n) is 4.10. The van der Waals surface area contributed by atoms with Crippen LogP contribution in [-0.2, 0) is 11.3 Å². The van der Waals surface area contributed by atoms with Crippen molar-refractivity contribution in [2.45, 2.75) is 45.4 Å². The number of likely N-dealkylation sites (tertiary alicyclic amines) is 1. The Morgan fingerprint density at radius 1 is 1.46 bits per heavy atom. The van der Waals surface area contributed by atoms with Crippen LogP contribution in [-0.4, -0.2) is 50.3 Å². The first-order chi connectivity index (χ1) is 12.4. The second kappa shape index (κ2) is 6.25. The van der Waals surface area contributed by atoms with Crippen molar-refractivity contribution in [3.05, 3.63) is 28.5 Å². The summed E-state index contributed by atoms with van der Waals surface area (Å²) in [6, 6.07) is -0.575. The predicted octanol–water partition coefficient (Wildman–Crippen LogP) is 2.10. The molecule has 0 radical (unpaired) electrons. The SMILES string of the molecule is CC(C)[C@H](C(=O)N1CCC[C@@H]1N)N1Cc2c(Cl)cnc3[nH]cc(c23)C1=O. The van der Waals surface area contributed by atoms with Crippen LogP contribution in [0.2, 0.25) is 5.02 Å². The Morgan fingerprint density at radius 2 is 2.23 bits per heavy atom. The highest BCUT2D eigenvalue weighted by Crippen LogP contribution is 2.35. The van der Waals surface area contributed by atoms with Crippen LogP contribution in [0.3, 0.4) is 0 Å². The Hall–Kier alpha value is -2.12. The Bertz CT molecular complexity index is 893. The summed E-state index contributed by atoms with van der Waals surface area (Å²) in [5.41, 5.74) is 8.08. The average Bonchev–Trinajstić information content (AvgIpc) is 3.21. The molecule has 0 bridgehead atoms. The topological polar surface area (TPSA) is 95.3 Å². The molecule has 1 fully saturated rings. The van der Waals surface area contributed by atoms with Crippen LogP contribution in [0.1, 0.15) is 42.6 Å². The summed E-state index contributed by atoms with van der Waals surface area (Å²) in [7, 11) is 0. The number of aromatic nitrogens is 2. The molecule has 1 saturated heterocycles. The molecule has 0 spiro atoms. The number of rotatable bonds is 3. The zero-order valence-electron chi connectivity index (χ0n) is 14.8. The van der Waals surface area contributed by atoms with E-state index in [2.05, 4.69) is 9.97 Å². The van der Waals surface area contributed by atoms with E-state index in [-0.39, 0.29) is 23.9 Å². The molecule has 2 aromatic heterocycles. The molecule has 2 aromatic rings. The molecule has 138 valence electrons. The first-order valence-corrected chi connectivity index (χ1v) is 9.29. The number of amides is 2. The van der Waals surface area contributed by atoms with E-state index in [4.69, 9.17) is 17.3 Å². The van der Waals surface area contributed by atoms with Gasteiger partial charge in [-0.05, 0) is 18.8 Å². The van der Waals surface area contributed by atoms with E-state index in [1.807, 2.05) is 13.8 Å². The van der Waals surface area contributed by atoms with E-state index in [9.17, 15) is 9.59 Å². The van der Waals surface area contributed by atoms with Gasteiger partial charge in [-0.3, -0.25) is 9.59 Å². The maximum Gasteiger partial charge on any atom is 0.257 e. The van der Waals surface area contributed by atoms with Crippen molar-refractivity contribution in [2.24, 2.45) is 11.7 Å². The van der Waals surface area contributed by atoms with Gasteiger partial charge in [0.2, 0.25) is 5.91 Å². The van der Waals surface area contributed by atoms with E-state index in [1.165, 1.54) is 0 Å². The molecule has 3 N–H and O–H groups in total. The minimum Gasteiger partial charge on any atom is -0.345 e. The third kappa shape index (κ3) is 2.49. The molecule has 2 aliphatic heterocycles. The minimum absolute atomic E-state index is 0.0455. The third-order valence-electron chi connectivity index (χ3n) is 5.38. The molecular weight excluding hydrogens is 354 g/mol. The highest BCUT2D eigenvalue weighted by Gasteiger charge is 2.41. The fraction of sp³-hybridized carbons (Fsp3) is 0.500. The first-order valence-electron chi connectivity index (χ1n) is 8.91. The third-order valence-corrected chi connectivity index (χ3v) is 5.70. The molecule has 2 atom stereocenters. The summed E-state index contributed by atoms with van der Waals surface area (Å²) in [5, 5.41) is 1.26. The number of nitrogens with zero attached hydrogens (tertiary/aromatic N) is 3. The van der Waals surface area contributed by atoms with Crippen LogP contribution < -0.4 is 5.73 Å². The normalized spacial score (nSPS) is 21.1. The van der Waals surface area contributed by atoms with Crippen molar-refractivity contribution in [3.63, 3.8) is 0 Å². The van der Waals surface area contributed by atoms with Gasteiger partial charge in [0.05, 0.1) is 16.8 Å². The van der Waals surface area contributed by atoms with Gasteiger partial charge in [0.25, 0.3) is 5.91 Å². The van der Waals surface area contributed by atoms with Crippen LogP contribution >= 0.6 is 11.6 Å². The van der Waals surface area contributed by atoms with E-state index >= 15 is 0 Å². The van der Waals surface area contributed by atoms with E-state index < -0.39 is 6.04 Å². The van der Waals surface area contributed by atoms with Gasteiger partial charge in [-0.2, -0.15) is 0 Å². The average molecular weight is 376 g/mol. The van der Waals surface area contributed by atoms with Gasteiger partial charge in [-0.15, -0.1) is 0 Å². The molecule has 7 nitrogen and oxygen atoms in total. The summed E-state index contributed by atoms with van der Waals surface area (Å²) < 4.78 is 0. The van der Waals surface area contributed by atoms with Crippen LogP contribution in [0.15, 0.2) is 12.4 Å².